The molecule has 0 bridgehead atoms. The lowest BCUT2D eigenvalue weighted by Gasteiger charge is -2.18. The molecule has 0 saturated carbocycles. The second-order valence-corrected chi connectivity index (χ2v) is 6.04. The van der Waals surface area contributed by atoms with Crippen molar-refractivity contribution in [1.29, 1.82) is 0 Å². The molecule has 0 amide bonds. The number of ether oxygens (including phenoxy) is 1. The molecule has 0 radical (unpaired) electrons. The third-order valence-corrected chi connectivity index (χ3v) is 4.28. The first-order chi connectivity index (χ1) is 10.2. The Hall–Kier alpha value is -1.39. The van der Waals surface area contributed by atoms with E-state index in [1.165, 1.54) is 10.9 Å². The van der Waals surface area contributed by atoms with Gasteiger partial charge in [0.2, 0.25) is 0 Å². The first kappa shape index (κ1) is 16.0. The van der Waals surface area contributed by atoms with Gasteiger partial charge in [0.25, 0.3) is 0 Å². The summed E-state index contributed by atoms with van der Waals surface area (Å²) in [6.07, 6.45) is 1.86. The number of benzene rings is 1. The molecule has 0 aliphatic heterocycles. The zero-order valence-electron chi connectivity index (χ0n) is 12.6. The van der Waals surface area contributed by atoms with E-state index in [4.69, 9.17) is 4.74 Å². The SMILES string of the molecule is CCCNC(C)c1cccc(F)c1OCCc1cccs1. The highest BCUT2D eigenvalue weighted by atomic mass is 32.1. The summed E-state index contributed by atoms with van der Waals surface area (Å²) in [5.41, 5.74) is 0.884. The average Bonchev–Trinajstić information content (AvgIpc) is 2.99. The molecular weight excluding hydrogens is 285 g/mol. The maximum absolute atomic E-state index is 14.0. The Morgan fingerprint density at radius 3 is 2.86 bits per heavy atom. The number of hydrogen-bond donors (Lipinski definition) is 1. The number of halogens is 1. The maximum atomic E-state index is 14.0. The van der Waals surface area contributed by atoms with Crippen molar-refractivity contribution in [1.82, 2.24) is 5.32 Å². The van der Waals surface area contributed by atoms with Crippen LogP contribution in [-0.2, 0) is 6.42 Å². The van der Waals surface area contributed by atoms with Gasteiger partial charge in [-0.15, -0.1) is 11.3 Å². The minimum absolute atomic E-state index is 0.0809. The molecule has 1 heterocycles. The standard InChI is InChI=1S/C17H22FNOS/c1-3-10-19-13(2)15-7-4-8-16(18)17(15)20-11-9-14-6-5-12-21-14/h4-8,12-13,19H,3,9-11H2,1-2H3. The number of para-hydroxylation sites is 1. The predicted molar refractivity (Wildman–Crippen MR) is 86.6 cm³/mol. The van der Waals surface area contributed by atoms with Crippen molar-refractivity contribution in [2.24, 2.45) is 0 Å². The van der Waals surface area contributed by atoms with Crippen LogP contribution in [0.4, 0.5) is 4.39 Å². The van der Waals surface area contributed by atoms with Crippen LogP contribution in [0.1, 0.15) is 36.8 Å². The monoisotopic (exact) mass is 307 g/mol. The largest absolute Gasteiger partial charge is 0.490 e. The van der Waals surface area contributed by atoms with Gasteiger partial charge in [-0.2, -0.15) is 0 Å². The van der Waals surface area contributed by atoms with E-state index in [1.807, 2.05) is 24.4 Å². The zero-order valence-corrected chi connectivity index (χ0v) is 13.4. The molecular formula is C17H22FNOS. The third kappa shape index (κ3) is 4.55. The molecule has 1 aromatic heterocycles. The quantitative estimate of drug-likeness (QED) is 0.771. The molecule has 0 aliphatic rings. The van der Waals surface area contributed by atoms with Crippen LogP contribution in [-0.4, -0.2) is 13.2 Å². The Bertz CT molecular complexity index is 542. The van der Waals surface area contributed by atoms with Gasteiger partial charge in [-0.1, -0.05) is 25.1 Å². The van der Waals surface area contributed by atoms with E-state index in [0.717, 1.165) is 24.9 Å². The van der Waals surface area contributed by atoms with Crippen LogP contribution in [0.15, 0.2) is 35.7 Å². The van der Waals surface area contributed by atoms with Crippen LogP contribution < -0.4 is 10.1 Å². The van der Waals surface area contributed by atoms with Crippen molar-refractivity contribution in [2.75, 3.05) is 13.2 Å². The predicted octanol–water partition coefficient (Wildman–Crippen LogP) is 4.57. The molecule has 1 unspecified atom stereocenters. The van der Waals surface area contributed by atoms with Gasteiger partial charge in [0.05, 0.1) is 6.61 Å². The van der Waals surface area contributed by atoms with Gasteiger partial charge in [-0.05, 0) is 37.4 Å². The minimum Gasteiger partial charge on any atom is -0.490 e. The molecule has 2 nitrogen and oxygen atoms in total. The van der Waals surface area contributed by atoms with E-state index in [2.05, 4.69) is 18.3 Å². The molecule has 2 aromatic rings. The molecule has 2 rings (SSSR count). The molecule has 1 aromatic carbocycles. The number of rotatable bonds is 8. The summed E-state index contributed by atoms with van der Waals surface area (Å²) in [5.74, 6) is 0.0917. The van der Waals surface area contributed by atoms with E-state index in [1.54, 1.807) is 17.4 Å². The molecule has 0 saturated heterocycles. The Balaban J connectivity index is 2.02. The number of thiophene rings is 1. The minimum atomic E-state index is -0.288. The summed E-state index contributed by atoms with van der Waals surface area (Å²) in [5, 5.41) is 5.42. The molecule has 0 fully saturated rings. The Morgan fingerprint density at radius 1 is 1.29 bits per heavy atom. The maximum Gasteiger partial charge on any atom is 0.165 e. The van der Waals surface area contributed by atoms with Crippen LogP contribution in [0.25, 0.3) is 0 Å². The average molecular weight is 307 g/mol. The Labute approximate surface area is 130 Å². The summed E-state index contributed by atoms with van der Waals surface area (Å²) in [7, 11) is 0. The fraction of sp³-hybridized carbons (Fsp3) is 0.412. The second kappa shape index (κ2) is 8.15. The van der Waals surface area contributed by atoms with Crippen LogP contribution in [0, 0.1) is 5.82 Å². The fourth-order valence-corrected chi connectivity index (χ4v) is 2.89. The topological polar surface area (TPSA) is 21.3 Å². The number of nitrogens with one attached hydrogen (secondary N) is 1. The van der Waals surface area contributed by atoms with Gasteiger partial charge in [0, 0.05) is 22.9 Å². The highest BCUT2D eigenvalue weighted by molar-refractivity contribution is 7.09. The lowest BCUT2D eigenvalue weighted by molar-refractivity contribution is 0.299. The normalized spacial score (nSPS) is 12.3. The summed E-state index contributed by atoms with van der Waals surface area (Å²) < 4.78 is 19.8. The second-order valence-electron chi connectivity index (χ2n) is 5.01. The van der Waals surface area contributed by atoms with Crippen molar-refractivity contribution in [3.05, 3.63) is 52.0 Å². The summed E-state index contributed by atoms with van der Waals surface area (Å²) in [6, 6.07) is 9.29. The van der Waals surface area contributed by atoms with Crippen molar-refractivity contribution in [2.45, 2.75) is 32.7 Å². The smallest absolute Gasteiger partial charge is 0.165 e. The summed E-state index contributed by atoms with van der Waals surface area (Å²) >= 11 is 1.70. The van der Waals surface area contributed by atoms with Gasteiger partial charge < -0.3 is 10.1 Å². The van der Waals surface area contributed by atoms with Crippen LogP contribution >= 0.6 is 11.3 Å². The first-order valence-electron chi connectivity index (χ1n) is 7.39. The van der Waals surface area contributed by atoms with Crippen LogP contribution in [0.2, 0.25) is 0 Å². The van der Waals surface area contributed by atoms with Gasteiger partial charge in [-0.3, -0.25) is 0 Å². The first-order valence-corrected chi connectivity index (χ1v) is 8.27. The molecule has 4 heteroatoms. The van der Waals surface area contributed by atoms with E-state index in [0.29, 0.717) is 12.4 Å². The molecule has 114 valence electrons. The van der Waals surface area contributed by atoms with E-state index in [-0.39, 0.29) is 11.9 Å². The lowest BCUT2D eigenvalue weighted by Crippen LogP contribution is -2.20. The van der Waals surface area contributed by atoms with Crippen molar-refractivity contribution in [3.8, 4) is 5.75 Å². The van der Waals surface area contributed by atoms with Crippen LogP contribution in [0.3, 0.4) is 0 Å². The molecule has 0 aliphatic carbocycles. The Kier molecular flexibility index (Phi) is 6.21. The zero-order chi connectivity index (χ0) is 15.1. The van der Waals surface area contributed by atoms with Crippen molar-refractivity contribution >= 4 is 11.3 Å². The Morgan fingerprint density at radius 2 is 2.14 bits per heavy atom. The van der Waals surface area contributed by atoms with E-state index >= 15 is 0 Å². The summed E-state index contributed by atoms with van der Waals surface area (Å²) in [4.78, 5) is 1.25. The highest BCUT2D eigenvalue weighted by Crippen LogP contribution is 2.28. The van der Waals surface area contributed by atoms with E-state index in [9.17, 15) is 4.39 Å². The van der Waals surface area contributed by atoms with Gasteiger partial charge in [-0.25, -0.2) is 4.39 Å². The van der Waals surface area contributed by atoms with Gasteiger partial charge >= 0.3 is 0 Å². The molecule has 1 atom stereocenters. The molecule has 0 spiro atoms. The lowest BCUT2D eigenvalue weighted by atomic mass is 10.1. The van der Waals surface area contributed by atoms with Gasteiger partial charge in [0.1, 0.15) is 0 Å². The van der Waals surface area contributed by atoms with Crippen LogP contribution in [0.5, 0.6) is 5.75 Å². The van der Waals surface area contributed by atoms with Crippen molar-refractivity contribution < 1.29 is 9.13 Å². The van der Waals surface area contributed by atoms with Gasteiger partial charge in [0.15, 0.2) is 11.6 Å². The summed E-state index contributed by atoms with van der Waals surface area (Å²) in [6.45, 7) is 5.56. The molecule has 1 N–H and O–H groups in total. The highest BCUT2D eigenvalue weighted by Gasteiger charge is 2.15. The number of hydrogen-bond acceptors (Lipinski definition) is 3. The van der Waals surface area contributed by atoms with E-state index < -0.39 is 0 Å². The molecule has 21 heavy (non-hydrogen) atoms. The van der Waals surface area contributed by atoms with Crippen molar-refractivity contribution in [3.63, 3.8) is 0 Å². The third-order valence-electron chi connectivity index (χ3n) is 3.34. The fourth-order valence-electron chi connectivity index (χ4n) is 2.20.